The molecule has 5 heterocycles. The first-order valence-electron chi connectivity index (χ1n) is 21.3. The lowest BCUT2D eigenvalue weighted by Crippen LogP contribution is -2.51. The minimum Gasteiger partial charge on any atom is -0.459 e. The molecule has 3 fully saturated rings. The van der Waals surface area contributed by atoms with Crippen molar-refractivity contribution >= 4 is 73.3 Å². The fourth-order valence-corrected chi connectivity index (χ4v) is 9.34. The number of amides is 3. The van der Waals surface area contributed by atoms with E-state index in [0.29, 0.717) is 63.6 Å². The first kappa shape index (κ1) is 46.2. The topological polar surface area (TPSA) is 152 Å². The van der Waals surface area contributed by atoms with Crippen LogP contribution in [0.25, 0.3) is 32.2 Å². The van der Waals surface area contributed by atoms with Crippen LogP contribution in [0.1, 0.15) is 82.1 Å². The van der Waals surface area contributed by atoms with Crippen LogP contribution >= 0.6 is 22.9 Å². The molecule has 342 valence electrons. The molecule has 3 amide bonds. The molecule has 15 nitrogen and oxygen atoms in total. The number of carbonyl (C=O) groups excluding carboxylic acids is 3. The predicted octanol–water partition coefficient (Wildman–Crippen LogP) is 9.34. The Labute approximate surface area is 375 Å². The molecular formula is C44H57ClF2N8O7S. The Balaban J connectivity index is 1.24. The Hall–Kier alpha value is -4.81. The van der Waals surface area contributed by atoms with E-state index in [4.69, 9.17) is 35.5 Å². The van der Waals surface area contributed by atoms with E-state index in [9.17, 15) is 14.4 Å². The van der Waals surface area contributed by atoms with Gasteiger partial charge in [-0.2, -0.15) is 9.97 Å². The Morgan fingerprint density at radius 3 is 2.21 bits per heavy atom. The lowest BCUT2D eigenvalue weighted by atomic mass is 10.0. The molecule has 0 saturated carbocycles. The van der Waals surface area contributed by atoms with Crippen LogP contribution in [0.3, 0.4) is 0 Å². The average Bonchev–Trinajstić information content (AvgIpc) is 3.70. The number of nitrogens with zero attached hydrogens (tertiary/aromatic N) is 7. The van der Waals surface area contributed by atoms with Gasteiger partial charge >= 0.3 is 24.3 Å². The molecule has 2 aromatic carbocycles. The van der Waals surface area contributed by atoms with Gasteiger partial charge in [0.25, 0.3) is 0 Å². The molecule has 0 aliphatic carbocycles. The van der Waals surface area contributed by atoms with E-state index in [1.807, 2.05) is 53.4 Å². The molecule has 3 saturated heterocycles. The number of aromatic nitrogens is 3. The number of thiazole rings is 1. The van der Waals surface area contributed by atoms with Crippen molar-refractivity contribution in [2.45, 2.75) is 111 Å². The lowest BCUT2D eigenvalue weighted by molar-refractivity contribution is 0.0114. The van der Waals surface area contributed by atoms with E-state index < -0.39 is 40.6 Å². The summed E-state index contributed by atoms with van der Waals surface area (Å²) in [5, 5.41) is 2.94. The molecule has 4 aromatic rings. The summed E-state index contributed by atoms with van der Waals surface area (Å²) in [6, 6.07) is 3.93. The summed E-state index contributed by atoms with van der Waals surface area (Å²) < 4.78 is 56.0. The standard InChI is InChI=1S/C44H57ClF2N8O7S/c1-24(21-52-15-17-53(18-16-52)40(57)61-43(5,6)7)59-37-48-33-28(36(50-37)54-14-13-25-19-26(23-54)55(22-25)41(58)62-44(8,9)10)20-29(45)31(32(33)47)27-11-12-30(46)35-34(27)49-38(63-35)51-39(56)60-42(2,3)4/h11-12,20,24-26H,13-19,21-23H2,1-10H3,(H,49,51,56). The highest BCUT2D eigenvalue weighted by Crippen LogP contribution is 2.44. The zero-order valence-corrected chi connectivity index (χ0v) is 39.1. The van der Waals surface area contributed by atoms with Crippen molar-refractivity contribution in [3.63, 3.8) is 0 Å². The number of halogens is 3. The summed E-state index contributed by atoms with van der Waals surface area (Å²) in [6.07, 6.45) is -0.445. The Bertz CT molecular complexity index is 2390. The summed E-state index contributed by atoms with van der Waals surface area (Å²) >= 11 is 7.89. The van der Waals surface area contributed by atoms with Gasteiger partial charge in [-0.25, -0.2) is 28.1 Å². The van der Waals surface area contributed by atoms with Crippen LogP contribution in [0.2, 0.25) is 5.02 Å². The minimum atomic E-state index is -0.800. The van der Waals surface area contributed by atoms with Gasteiger partial charge in [-0.3, -0.25) is 10.2 Å². The molecule has 3 aliphatic heterocycles. The van der Waals surface area contributed by atoms with Crippen molar-refractivity contribution in [3.05, 3.63) is 34.9 Å². The fraction of sp³-hybridized carbons (Fsp3) is 0.591. The number of fused-ring (bicyclic) bond motifs is 4. The molecule has 19 heteroatoms. The third-order valence-corrected chi connectivity index (χ3v) is 12.0. The van der Waals surface area contributed by atoms with Gasteiger partial charge < -0.3 is 33.6 Å². The number of ether oxygens (including phenoxy) is 4. The molecule has 2 aromatic heterocycles. The van der Waals surface area contributed by atoms with Gasteiger partial charge in [0.15, 0.2) is 10.9 Å². The van der Waals surface area contributed by atoms with Crippen LogP contribution in [-0.2, 0) is 14.2 Å². The first-order valence-corrected chi connectivity index (χ1v) is 22.5. The molecule has 0 spiro atoms. The molecule has 1 N–H and O–H groups in total. The van der Waals surface area contributed by atoms with E-state index in [1.165, 1.54) is 12.1 Å². The largest absolute Gasteiger partial charge is 0.459 e. The molecule has 0 radical (unpaired) electrons. The number of anilines is 2. The molecule has 3 unspecified atom stereocenters. The van der Waals surface area contributed by atoms with Gasteiger partial charge in [-0.15, -0.1) is 0 Å². The highest BCUT2D eigenvalue weighted by molar-refractivity contribution is 7.22. The second-order valence-electron chi connectivity index (χ2n) is 19.5. The quantitative estimate of drug-likeness (QED) is 0.176. The summed E-state index contributed by atoms with van der Waals surface area (Å²) in [7, 11) is 0. The summed E-state index contributed by atoms with van der Waals surface area (Å²) in [5.41, 5.74) is -1.93. The van der Waals surface area contributed by atoms with Gasteiger partial charge in [-0.05, 0) is 106 Å². The van der Waals surface area contributed by atoms with E-state index in [-0.39, 0.29) is 67.2 Å². The summed E-state index contributed by atoms with van der Waals surface area (Å²) in [4.78, 5) is 60.4. The Morgan fingerprint density at radius 1 is 0.873 bits per heavy atom. The summed E-state index contributed by atoms with van der Waals surface area (Å²) in [5.74, 6) is -0.796. The number of nitrogens with one attached hydrogen (secondary N) is 1. The van der Waals surface area contributed by atoms with Crippen LogP contribution in [-0.4, -0.2) is 129 Å². The molecule has 3 atom stereocenters. The van der Waals surface area contributed by atoms with Gasteiger partial charge in [0.2, 0.25) is 0 Å². The van der Waals surface area contributed by atoms with Gasteiger partial charge in [0.05, 0.1) is 21.3 Å². The SMILES string of the molecule is CC(CN1CCN(C(=O)OC(C)(C)C)CC1)Oc1nc(N2CCC3CC(C2)N(C(=O)OC(C)(C)C)C3)c2cc(Cl)c(-c3ccc(F)c4sc(NC(=O)OC(C)(C)C)nc34)c(F)c2n1. The van der Waals surface area contributed by atoms with Crippen molar-refractivity contribution in [2.24, 2.45) is 5.92 Å². The molecule has 63 heavy (non-hydrogen) atoms. The van der Waals surface area contributed by atoms with Crippen LogP contribution in [0.5, 0.6) is 6.01 Å². The van der Waals surface area contributed by atoms with Gasteiger partial charge in [0.1, 0.15) is 40.1 Å². The second-order valence-corrected chi connectivity index (χ2v) is 20.9. The maximum Gasteiger partial charge on any atom is 0.413 e. The zero-order valence-electron chi connectivity index (χ0n) is 37.6. The van der Waals surface area contributed by atoms with Crippen LogP contribution in [0.15, 0.2) is 18.2 Å². The van der Waals surface area contributed by atoms with Crippen molar-refractivity contribution in [3.8, 4) is 17.1 Å². The van der Waals surface area contributed by atoms with E-state index >= 15 is 8.78 Å². The maximum absolute atomic E-state index is 17.5. The first-order chi connectivity index (χ1) is 29.4. The van der Waals surface area contributed by atoms with Crippen LogP contribution in [0, 0.1) is 17.6 Å². The highest BCUT2D eigenvalue weighted by atomic mass is 35.5. The van der Waals surface area contributed by atoms with E-state index in [1.54, 1.807) is 36.6 Å². The zero-order chi connectivity index (χ0) is 45.8. The Kier molecular flexibility index (Phi) is 12.9. The highest BCUT2D eigenvalue weighted by Gasteiger charge is 2.41. The number of rotatable bonds is 7. The van der Waals surface area contributed by atoms with E-state index in [0.717, 1.165) is 24.2 Å². The third-order valence-electron chi connectivity index (χ3n) is 10.7. The Morgan fingerprint density at radius 2 is 1.54 bits per heavy atom. The van der Waals surface area contributed by atoms with Crippen LogP contribution < -0.4 is 15.0 Å². The van der Waals surface area contributed by atoms with Crippen molar-refractivity contribution in [2.75, 3.05) is 62.6 Å². The van der Waals surface area contributed by atoms with Crippen molar-refractivity contribution in [1.29, 1.82) is 0 Å². The van der Waals surface area contributed by atoms with Gasteiger partial charge in [0, 0.05) is 68.9 Å². The molecule has 3 aliphatic rings. The predicted molar refractivity (Wildman–Crippen MR) is 239 cm³/mol. The third kappa shape index (κ3) is 10.9. The fourth-order valence-electron chi connectivity index (χ4n) is 8.16. The number of likely N-dealkylation sites (tertiary alicyclic amines) is 1. The lowest BCUT2D eigenvalue weighted by Gasteiger charge is -2.36. The minimum absolute atomic E-state index is 0.00620. The number of benzene rings is 2. The number of carbonyl (C=O) groups is 3. The monoisotopic (exact) mass is 914 g/mol. The number of hydrogen-bond acceptors (Lipinski definition) is 13. The van der Waals surface area contributed by atoms with E-state index in [2.05, 4.69) is 20.2 Å². The molecule has 7 rings (SSSR count). The molecular weight excluding hydrogens is 858 g/mol. The maximum atomic E-state index is 17.5. The average molecular weight is 916 g/mol. The smallest absolute Gasteiger partial charge is 0.413 e. The molecule has 2 bridgehead atoms. The number of piperazine rings is 1. The van der Waals surface area contributed by atoms with Crippen molar-refractivity contribution < 1.29 is 42.1 Å². The van der Waals surface area contributed by atoms with Gasteiger partial charge in [-0.1, -0.05) is 22.9 Å². The number of hydrogen-bond donors (Lipinski definition) is 1. The van der Waals surface area contributed by atoms with Crippen LogP contribution in [0.4, 0.5) is 34.1 Å². The second kappa shape index (κ2) is 17.6. The normalized spacial score (nSPS) is 19.3. The van der Waals surface area contributed by atoms with Crippen molar-refractivity contribution in [1.82, 2.24) is 29.7 Å². The summed E-state index contributed by atoms with van der Waals surface area (Å²) in [6.45, 7) is 22.2.